The highest BCUT2D eigenvalue weighted by Gasteiger charge is 2.55. The summed E-state index contributed by atoms with van der Waals surface area (Å²) in [6, 6.07) is 12.4. The molecular formula is C25H31N3O5. The van der Waals surface area contributed by atoms with Gasteiger partial charge in [-0.1, -0.05) is 31.5 Å². The average molecular weight is 454 g/mol. The molecule has 2 saturated heterocycles. The van der Waals surface area contributed by atoms with Crippen LogP contribution in [0.1, 0.15) is 45.3 Å². The average Bonchev–Trinajstić information content (AvgIpc) is 3.42. The Balaban J connectivity index is 1.41. The van der Waals surface area contributed by atoms with Crippen molar-refractivity contribution >= 4 is 17.8 Å². The van der Waals surface area contributed by atoms with Crippen LogP contribution in [0.3, 0.4) is 0 Å². The molecule has 8 nitrogen and oxygen atoms in total. The number of benzene rings is 1. The molecule has 2 aliphatic rings. The van der Waals surface area contributed by atoms with Gasteiger partial charge in [0.1, 0.15) is 17.0 Å². The molecule has 0 unspecified atom stereocenters. The van der Waals surface area contributed by atoms with Gasteiger partial charge in [-0.3, -0.25) is 14.5 Å². The molecule has 0 saturated carbocycles. The van der Waals surface area contributed by atoms with Gasteiger partial charge < -0.3 is 19.4 Å². The summed E-state index contributed by atoms with van der Waals surface area (Å²) in [6.45, 7) is 4.94. The lowest BCUT2D eigenvalue weighted by atomic mass is 9.74. The van der Waals surface area contributed by atoms with Gasteiger partial charge >= 0.3 is 6.03 Å². The van der Waals surface area contributed by atoms with Crippen molar-refractivity contribution in [3.05, 3.63) is 54.5 Å². The molecule has 2 aliphatic heterocycles. The summed E-state index contributed by atoms with van der Waals surface area (Å²) in [7, 11) is 0. The van der Waals surface area contributed by atoms with E-state index in [4.69, 9.17) is 9.15 Å². The van der Waals surface area contributed by atoms with Crippen LogP contribution in [0.4, 0.5) is 4.79 Å². The van der Waals surface area contributed by atoms with Crippen molar-refractivity contribution in [3.8, 4) is 5.75 Å². The lowest BCUT2D eigenvalue weighted by Crippen LogP contribution is -2.57. The molecule has 4 rings (SSSR count). The van der Waals surface area contributed by atoms with E-state index in [9.17, 15) is 14.4 Å². The molecule has 4 amide bonds. The van der Waals surface area contributed by atoms with Crippen molar-refractivity contribution in [2.24, 2.45) is 5.92 Å². The highest BCUT2D eigenvalue weighted by molar-refractivity contribution is 6.07. The predicted molar refractivity (Wildman–Crippen MR) is 121 cm³/mol. The third-order valence-electron chi connectivity index (χ3n) is 6.65. The Labute approximate surface area is 193 Å². The third-order valence-corrected chi connectivity index (χ3v) is 6.65. The SMILES string of the molecule is CCC[C@]1(C2CCN(C(=O)[C@@H](C)Oc3ccccc3)CC2)NC(=O)N(Cc2ccco2)C1=O. The normalized spacial score (nSPS) is 22.4. The number of para-hydroxylation sites is 1. The second-order valence-corrected chi connectivity index (χ2v) is 8.79. The second-order valence-electron chi connectivity index (χ2n) is 8.79. The largest absolute Gasteiger partial charge is 0.481 e. The summed E-state index contributed by atoms with van der Waals surface area (Å²) in [4.78, 5) is 42.2. The second kappa shape index (κ2) is 9.68. The maximum absolute atomic E-state index is 13.5. The quantitative estimate of drug-likeness (QED) is 0.617. The van der Waals surface area contributed by atoms with Crippen LogP contribution in [0.15, 0.2) is 53.1 Å². The minimum Gasteiger partial charge on any atom is -0.481 e. The molecule has 176 valence electrons. The van der Waals surface area contributed by atoms with Gasteiger partial charge in [0.25, 0.3) is 11.8 Å². The summed E-state index contributed by atoms with van der Waals surface area (Å²) in [6.07, 6.45) is 3.56. The Morgan fingerprint density at radius 2 is 1.91 bits per heavy atom. The number of piperidine rings is 1. The van der Waals surface area contributed by atoms with E-state index in [0.29, 0.717) is 43.9 Å². The summed E-state index contributed by atoms with van der Waals surface area (Å²) in [5, 5.41) is 3.02. The highest BCUT2D eigenvalue weighted by Crippen LogP contribution is 2.37. The Kier molecular flexibility index (Phi) is 6.72. The van der Waals surface area contributed by atoms with Crippen LogP contribution >= 0.6 is 0 Å². The molecule has 33 heavy (non-hydrogen) atoms. The zero-order chi connectivity index (χ0) is 23.4. The van der Waals surface area contributed by atoms with Gasteiger partial charge in [-0.15, -0.1) is 0 Å². The summed E-state index contributed by atoms with van der Waals surface area (Å²) < 4.78 is 11.1. The van der Waals surface area contributed by atoms with Crippen LogP contribution in [0.25, 0.3) is 0 Å². The number of furan rings is 1. The summed E-state index contributed by atoms with van der Waals surface area (Å²) >= 11 is 0. The van der Waals surface area contributed by atoms with Crippen molar-refractivity contribution in [3.63, 3.8) is 0 Å². The van der Waals surface area contributed by atoms with Gasteiger partial charge in [-0.25, -0.2) is 4.79 Å². The van der Waals surface area contributed by atoms with E-state index in [2.05, 4.69) is 5.32 Å². The molecule has 1 N–H and O–H groups in total. The van der Waals surface area contributed by atoms with Crippen molar-refractivity contribution in [2.75, 3.05) is 13.1 Å². The smallest absolute Gasteiger partial charge is 0.325 e. The number of carbonyl (C=O) groups is 3. The van der Waals surface area contributed by atoms with E-state index >= 15 is 0 Å². The Bertz CT molecular complexity index is 969. The molecule has 1 aromatic carbocycles. The predicted octanol–water partition coefficient (Wildman–Crippen LogP) is 3.58. The molecule has 3 heterocycles. The van der Waals surface area contributed by atoms with Gasteiger partial charge in [-0.05, 0) is 56.4 Å². The maximum Gasteiger partial charge on any atom is 0.325 e. The van der Waals surface area contributed by atoms with Crippen LogP contribution in [0.2, 0.25) is 0 Å². The topological polar surface area (TPSA) is 92.1 Å². The number of nitrogens with zero attached hydrogens (tertiary/aromatic N) is 2. The van der Waals surface area contributed by atoms with E-state index in [1.165, 1.54) is 11.2 Å². The Morgan fingerprint density at radius 1 is 1.18 bits per heavy atom. The molecule has 0 aliphatic carbocycles. The number of amides is 4. The zero-order valence-electron chi connectivity index (χ0n) is 19.2. The van der Waals surface area contributed by atoms with Crippen LogP contribution < -0.4 is 10.1 Å². The molecule has 2 atom stereocenters. The van der Waals surface area contributed by atoms with E-state index in [0.717, 1.165) is 6.42 Å². The van der Waals surface area contributed by atoms with E-state index in [1.54, 1.807) is 24.0 Å². The first-order valence-corrected chi connectivity index (χ1v) is 11.6. The zero-order valence-corrected chi connectivity index (χ0v) is 19.2. The standard InChI is InChI=1S/C25H31N3O5/c1-3-13-25(23(30)28(24(31)26-25)17-21-10-7-16-32-21)19-11-14-27(15-12-19)22(29)18(2)33-20-8-5-4-6-9-20/h4-10,16,18-19H,3,11-15,17H2,1-2H3,(H,26,31)/t18-,25-/m1/s1. The monoisotopic (exact) mass is 453 g/mol. The fraction of sp³-hybridized carbons (Fsp3) is 0.480. The first-order chi connectivity index (χ1) is 15.9. The fourth-order valence-electron chi connectivity index (χ4n) is 4.99. The highest BCUT2D eigenvalue weighted by atomic mass is 16.5. The minimum absolute atomic E-state index is 0.0371. The van der Waals surface area contributed by atoms with Crippen molar-refractivity contribution in [2.45, 2.75) is 57.7 Å². The summed E-state index contributed by atoms with van der Waals surface area (Å²) in [5.41, 5.74) is -0.931. The van der Waals surface area contributed by atoms with E-state index in [1.807, 2.05) is 37.3 Å². The van der Waals surface area contributed by atoms with Crippen LogP contribution in [0, 0.1) is 5.92 Å². The van der Waals surface area contributed by atoms with Crippen molar-refractivity contribution in [1.29, 1.82) is 0 Å². The molecule has 0 bridgehead atoms. The van der Waals surface area contributed by atoms with Crippen molar-refractivity contribution in [1.82, 2.24) is 15.1 Å². The van der Waals surface area contributed by atoms with Crippen LogP contribution in [0.5, 0.6) is 5.75 Å². The molecule has 8 heteroatoms. The molecule has 0 spiro atoms. The van der Waals surface area contributed by atoms with Crippen LogP contribution in [-0.4, -0.2) is 52.4 Å². The first kappa shape index (κ1) is 22.9. The van der Waals surface area contributed by atoms with Gasteiger partial charge in [0, 0.05) is 13.1 Å². The van der Waals surface area contributed by atoms with Gasteiger partial charge in [0.2, 0.25) is 0 Å². The molecule has 2 aromatic rings. The number of nitrogens with one attached hydrogen (secondary N) is 1. The van der Waals surface area contributed by atoms with Crippen LogP contribution in [-0.2, 0) is 16.1 Å². The molecule has 0 radical (unpaired) electrons. The molecule has 1 aromatic heterocycles. The third kappa shape index (κ3) is 4.60. The van der Waals surface area contributed by atoms with Gasteiger partial charge in [0.05, 0.1) is 12.8 Å². The van der Waals surface area contributed by atoms with E-state index < -0.39 is 11.6 Å². The minimum atomic E-state index is -0.931. The van der Waals surface area contributed by atoms with Crippen molar-refractivity contribution < 1.29 is 23.5 Å². The number of imide groups is 1. The lowest BCUT2D eigenvalue weighted by Gasteiger charge is -2.41. The number of ether oxygens (including phenoxy) is 1. The number of hydrogen-bond donors (Lipinski definition) is 1. The Morgan fingerprint density at radius 3 is 2.55 bits per heavy atom. The number of likely N-dealkylation sites (tertiary alicyclic amines) is 1. The number of urea groups is 1. The first-order valence-electron chi connectivity index (χ1n) is 11.6. The Hall–Kier alpha value is -3.29. The number of hydrogen-bond acceptors (Lipinski definition) is 5. The van der Waals surface area contributed by atoms with Gasteiger partial charge in [0.15, 0.2) is 6.10 Å². The van der Waals surface area contributed by atoms with Gasteiger partial charge in [-0.2, -0.15) is 0 Å². The number of rotatable bonds is 8. The maximum atomic E-state index is 13.5. The number of carbonyl (C=O) groups excluding carboxylic acids is 3. The molecule has 2 fully saturated rings. The van der Waals surface area contributed by atoms with E-state index in [-0.39, 0.29) is 30.3 Å². The molecular weight excluding hydrogens is 422 g/mol. The fourth-order valence-corrected chi connectivity index (χ4v) is 4.99. The summed E-state index contributed by atoms with van der Waals surface area (Å²) in [5.74, 6) is 0.925. The lowest BCUT2D eigenvalue weighted by molar-refractivity contribution is -0.141.